The molecule has 0 N–H and O–H groups in total. The van der Waals surface area contributed by atoms with Gasteiger partial charge in [0.1, 0.15) is 5.82 Å². The Balaban J connectivity index is 2.46. The Morgan fingerprint density at radius 3 is 2.40 bits per heavy atom. The predicted octanol–water partition coefficient (Wildman–Crippen LogP) is 4.73. The summed E-state index contributed by atoms with van der Waals surface area (Å²) in [6.45, 7) is 0. The number of carbonyl (C=O) groups is 1. The van der Waals surface area contributed by atoms with Gasteiger partial charge in [0.15, 0.2) is 5.78 Å². The third-order valence-electron chi connectivity index (χ3n) is 2.63. The van der Waals surface area contributed by atoms with Gasteiger partial charge in [0.25, 0.3) is 0 Å². The molecule has 0 heterocycles. The number of halogens is 5. The van der Waals surface area contributed by atoms with Crippen LogP contribution in [0.2, 0.25) is 5.02 Å². The van der Waals surface area contributed by atoms with Gasteiger partial charge in [0, 0.05) is 10.6 Å². The van der Waals surface area contributed by atoms with Crippen molar-refractivity contribution in [2.45, 2.75) is 6.18 Å². The molecule has 0 aliphatic rings. The molecule has 0 bridgehead atoms. The summed E-state index contributed by atoms with van der Waals surface area (Å²) in [6, 6.07) is 7.13. The van der Waals surface area contributed by atoms with E-state index in [9.17, 15) is 22.4 Å². The fraction of sp³-hybridized carbons (Fsp3) is 0.0714. The van der Waals surface area contributed by atoms with Crippen molar-refractivity contribution in [3.63, 3.8) is 0 Å². The summed E-state index contributed by atoms with van der Waals surface area (Å²) in [5.41, 5.74) is -1.58. The summed E-state index contributed by atoms with van der Waals surface area (Å²) in [4.78, 5) is 12.0. The molecule has 6 heteroatoms. The van der Waals surface area contributed by atoms with Crippen LogP contribution in [0.3, 0.4) is 0 Å². The van der Waals surface area contributed by atoms with Crippen LogP contribution in [0.4, 0.5) is 17.6 Å². The van der Waals surface area contributed by atoms with E-state index in [-0.39, 0.29) is 16.1 Å². The number of carbonyl (C=O) groups excluding carboxylic acids is 1. The van der Waals surface area contributed by atoms with Crippen molar-refractivity contribution in [3.05, 3.63) is 70.0 Å². The van der Waals surface area contributed by atoms with Crippen molar-refractivity contribution in [2.24, 2.45) is 0 Å². The molecule has 104 valence electrons. The first-order valence-electron chi connectivity index (χ1n) is 5.46. The number of hydrogen-bond acceptors (Lipinski definition) is 1. The first-order valence-corrected chi connectivity index (χ1v) is 5.84. The maximum atomic E-state index is 13.5. The zero-order valence-electron chi connectivity index (χ0n) is 9.84. The van der Waals surface area contributed by atoms with Gasteiger partial charge < -0.3 is 0 Å². The lowest BCUT2D eigenvalue weighted by molar-refractivity contribution is -0.137. The van der Waals surface area contributed by atoms with Crippen LogP contribution in [0.5, 0.6) is 0 Å². The van der Waals surface area contributed by atoms with Crippen LogP contribution >= 0.6 is 11.6 Å². The van der Waals surface area contributed by atoms with Crippen molar-refractivity contribution in [1.82, 2.24) is 0 Å². The highest BCUT2D eigenvalue weighted by Crippen LogP contribution is 2.30. The molecule has 0 radical (unpaired) electrons. The molecular weight excluding hydrogens is 296 g/mol. The number of rotatable bonds is 2. The first kappa shape index (κ1) is 14.5. The van der Waals surface area contributed by atoms with E-state index in [0.717, 1.165) is 24.3 Å². The fourth-order valence-corrected chi connectivity index (χ4v) is 1.84. The second-order valence-electron chi connectivity index (χ2n) is 4.03. The molecule has 0 aliphatic heterocycles. The van der Waals surface area contributed by atoms with Gasteiger partial charge >= 0.3 is 6.18 Å². The van der Waals surface area contributed by atoms with Gasteiger partial charge in [0.2, 0.25) is 0 Å². The molecule has 0 amide bonds. The molecule has 0 aliphatic carbocycles. The summed E-state index contributed by atoms with van der Waals surface area (Å²) in [6.07, 6.45) is -4.57. The van der Waals surface area contributed by atoms with Crippen LogP contribution < -0.4 is 0 Å². The van der Waals surface area contributed by atoms with Crippen molar-refractivity contribution in [2.75, 3.05) is 0 Å². The zero-order valence-corrected chi connectivity index (χ0v) is 10.6. The SMILES string of the molecule is O=C(c1cccc(C(F)(F)F)c1)c1cc(Cl)ccc1F. The molecule has 1 nitrogen and oxygen atoms in total. The maximum absolute atomic E-state index is 13.5. The average molecular weight is 303 g/mol. The minimum atomic E-state index is -4.57. The molecular formula is C14H7ClF4O. The summed E-state index contributed by atoms with van der Waals surface area (Å²) in [5.74, 6) is -1.69. The largest absolute Gasteiger partial charge is 0.416 e. The number of benzene rings is 2. The highest BCUT2D eigenvalue weighted by Gasteiger charge is 2.31. The molecule has 0 atom stereocenters. The van der Waals surface area contributed by atoms with Crippen LogP contribution in [-0.4, -0.2) is 5.78 Å². The summed E-state index contributed by atoms with van der Waals surface area (Å²) in [7, 11) is 0. The smallest absolute Gasteiger partial charge is 0.288 e. The molecule has 0 saturated carbocycles. The highest BCUT2D eigenvalue weighted by atomic mass is 35.5. The molecule has 2 aromatic rings. The van der Waals surface area contributed by atoms with E-state index in [1.165, 1.54) is 12.1 Å². The number of alkyl halides is 3. The van der Waals surface area contributed by atoms with E-state index in [2.05, 4.69) is 0 Å². The summed E-state index contributed by atoms with van der Waals surface area (Å²) in [5, 5.41) is 0.127. The van der Waals surface area contributed by atoms with Gasteiger partial charge in [-0.15, -0.1) is 0 Å². The van der Waals surface area contributed by atoms with Crippen LogP contribution in [-0.2, 0) is 6.18 Å². The molecule has 2 rings (SSSR count). The molecule has 0 saturated heterocycles. The Morgan fingerprint density at radius 2 is 1.75 bits per heavy atom. The molecule has 0 aromatic heterocycles. The van der Waals surface area contributed by atoms with Crippen molar-refractivity contribution >= 4 is 17.4 Å². The van der Waals surface area contributed by atoms with Gasteiger partial charge in [-0.25, -0.2) is 4.39 Å². The first-order chi connectivity index (χ1) is 9.29. The average Bonchev–Trinajstić information content (AvgIpc) is 2.40. The monoisotopic (exact) mass is 302 g/mol. The van der Waals surface area contributed by atoms with E-state index in [4.69, 9.17) is 11.6 Å². The van der Waals surface area contributed by atoms with Crippen molar-refractivity contribution in [3.8, 4) is 0 Å². The van der Waals surface area contributed by atoms with E-state index in [1.54, 1.807) is 0 Å². The zero-order chi connectivity index (χ0) is 14.9. The summed E-state index contributed by atoms with van der Waals surface area (Å²) >= 11 is 5.65. The lowest BCUT2D eigenvalue weighted by Crippen LogP contribution is -2.09. The number of hydrogen-bond donors (Lipinski definition) is 0. The van der Waals surface area contributed by atoms with E-state index in [0.29, 0.717) is 6.07 Å². The van der Waals surface area contributed by atoms with Crippen LogP contribution in [0.15, 0.2) is 42.5 Å². The predicted molar refractivity (Wildman–Crippen MR) is 66.3 cm³/mol. The van der Waals surface area contributed by atoms with Crippen molar-refractivity contribution in [1.29, 1.82) is 0 Å². The Labute approximate surface area is 116 Å². The van der Waals surface area contributed by atoms with Gasteiger partial charge in [-0.05, 0) is 30.3 Å². The Bertz CT molecular complexity index is 664. The van der Waals surface area contributed by atoms with Gasteiger partial charge in [-0.3, -0.25) is 4.79 Å². The molecule has 20 heavy (non-hydrogen) atoms. The van der Waals surface area contributed by atoms with Crippen LogP contribution in [0.1, 0.15) is 21.5 Å². The normalized spacial score (nSPS) is 11.4. The minimum absolute atomic E-state index is 0.127. The second-order valence-corrected chi connectivity index (χ2v) is 4.47. The third-order valence-corrected chi connectivity index (χ3v) is 2.86. The lowest BCUT2D eigenvalue weighted by Gasteiger charge is -2.08. The Hall–Kier alpha value is -1.88. The van der Waals surface area contributed by atoms with Crippen LogP contribution in [0.25, 0.3) is 0 Å². The number of ketones is 1. The quantitative estimate of drug-likeness (QED) is 0.579. The van der Waals surface area contributed by atoms with E-state index < -0.39 is 23.3 Å². The fourth-order valence-electron chi connectivity index (χ4n) is 1.66. The van der Waals surface area contributed by atoms with Gasteiger partial charge in [0.05, 0.1) is 11.1 Å². The van der Waals surface area contributed by atoms with Crippen LogP contribution in [0, 0.1) is 5.82 Å². The third kappa shape index (κ3) is 2.99. The van der Waals surface area contributed by atoms with E-state index >= 15 is 0 Å². The summed E-state index contributed by atoms with van der Waals surface area (Å²) < 4.78 is 51.3. The Morgan fingerprint density at radius 1 is 1.05 bits per heavy atom. The molecule has 2 aromatic carbocycles. The molecule has 0 fully saturated rings. The van der Waals surface area contributed by atoms with Gasteiger partial charge in [-0.1, -0.05) is 23.7 Å². The standard InChI is InChI=1S/C14H7ClF4O/c15-10-4-5-12(16)11(7-10)13(20)8-2-1-3-9(6-8)14(17,18)19/h1-7H. The topological polar surface area (TPSA) is 17.1 Å². The lowest BCUT2D eigenvalue weighted by atomic mass is 10.0. The Kier molecular flexibility index (Phi) is 3.81. The maximum Gasteiger partial charge on any atom is 0.416 e. The van der Waals surface area contributed by atoms with E-state index in [1.807, 2.05) is 0 Å². The van der Waals surface area contributed by atoms with Gasteiger partial charge in [-0.2, -0.15) is 13.2 Å². The highest BCUT2D eigenvalue weighted by molar-refractivity contribution is 6.31. The minimum Gasteiger partial charge on any atom is -0.288 e. The second kappa shape index (κ2) is 5.25. The molecule has 0 spiro atoms. The molecule has 0 unspecified atom stereocenters. The van der Waals surface area contributed by atoms with Crippen molar-refractivity contribution < 1.29 is 22.4 Å².